The fraction of sp³-hybridized carbons (Fsp3) is 0.353. The number of aromatic nitrogens is 1. The predicted octanol–water partition coefficient (Wildman–Crippen LogP) is 5.24. The standard InChI is InChI=1S/C17H17F3N2O4S/c1-9-6-5-7-10(8-9)22(15(25)26-16(2,3)4)14-21-12(17(18,19)20)11(27-14)13(23)24/h5-8H,1-4H3,(H,23,24). The van der Waals surface area contributed by atoms with E-state index in [9.17, 15) is 22.8 Å². The number of carbonyl (C=O) groups excluding carboxylic acids is 1. The Kier molecular flexibility index (Phi) is 5.50. The van der Waals surface area contributed by atoms with Crippen LogP contribution in [0.5, 0.6) is 0 Å². The van der Waals surface area contributed by atoms with E-state index < -0.39 is 39.5 Å². The van der Waals surface area contributed by atoms with Gasteiger partial charge in [0.05, 0.1) is 5.69 Å². The lowest BCUT2D eigenvalue weighted by Gasteiger charge is -2.26. The van der Waals surface area contributed by atoms with Crippen molar-refractivity contribution in [1.82, 2.24) is 4.98 Å². The summed E-state index contributed by atoms with van der Waals surface area (Å²) in [6, 6.07) is 6.39. The highest BCUT2D eigenvalue weighted by Gasteiger charge is 2.41. The summed E-state index contributed by atoms with van der Waals surface area (Å²) in [4.78, 5) is 27.1. The molecule has 146 valence electrons. The van der Waals surface area contributed by atoms with Crippen LogP contribution in [0.2, 0.25) is 0 Å². The van der Waals surface area contributed by atoms with E-state index in [-0.39, 0.29) is 17.0 Å². The Morgan fingerprint density at radius 1 is 1.22 bits per heavy atom. The van der Waals surface area contributed by atoms with Crippen LogP contribution < -0.4 is 4.90 Å². The highest BCUT2D eigenvalue weighted by atomic mass is 32.1. The number of hydrogen-bond donors (Lipinski definition) is 1. The molecule has 1 aromatic heterocycles. The molecule has 0 saturated heterocycles. The molecule has 0 aliphatic carbocycles. The van der Waals surface area contributed by atoms with Crippen LogP contribution in [0.4, 0.5) is 28.8 Å². The lowest BCUT2D eigenvalue weighted by Crippen LogP contribution is -2.34. The summed E-state index contributed by atoms with van der Waals surface area (Å²) in [6.07, 6.45) is -5.94. The molecule has 1 heterocycles. The second kappa shape index (κ2) is 7.18. The van der Waals surface area contributed by atoms with Crippen molar-refractivity contribution in [3.8, 4) is 0 Å². The van der Waals surface area contributed by atoms with E-state index in [1.165, 1.54) is 6.07 Å². The minimum Gasteiger partial charge on any atom is -0.477 e. The van der Waals surface area contributed by atoms with E-state index in [0.29, 0.717) is 0 Å². The molecule has 0 fully saturated rings. The average molecular weight is 402 g/mol. The van der Waals surface area contributed by atoms with Crippen molar-refractivity contribution in [2.75, 3.05) is 4.90 Å². The largest absolute Gasteiger partial charge is 0.477 e. The molecule has 0 radical (unpaired) electrons. The van der Waals surface area contributed by atoms with Crippen molar-refractivity contribution >= 4 is 34.2 Å². The topological polar surface area (TPSA) is 79.7 Å². The van der Waals surface area contributed by atoms with Crippen molar-refractivity contribution in [3.05, 3.63) is 40.4 Å². The number of hydrogen-bond acceptors (Lipinski definition) is 5. The van der Waals surface area contributed by atoms with Gasteiger partial charge in [0.2, 0.25) is 5.13 Å². The van der Waals surface area contributed by atoms with Crippen LogP contribution in [0.25, 0.3) is 0 Å². The molecule has 1 amide bonds. The number of alkyl halides is 3. The Bertz CT molecular complexity index is 872. The molecule has 2 rings (SSSR count). The van der Waals surface area contributed by atoms with Crippen molar-refractivity contribution in [1.29, 1.82) is 0 Å². The lowest BCUT2D eigenvalue weighted by atomic mass is 10.2. The summed E-state index contributed by atoms with van der Waals surface area (Å²) < 4.78 is 44.8. The molecule has 0 aliphatic rings. The summed E-state index contributed by atoms with van der Waals surface area (Å²) in [7, 11) is 0. The first-order chi connectivity index (χ1) is 12.3. The molecule has 0 unspecified atom stereocenters. The van der Waals surface area contributed by atoms with E-state index in [0.717, 1.165) is 10.5 Å². The van der Waals surface area contributed by atoms with E-state index in [4.69, 9.17) is 9.84 Å². The van der Waals surface area contributed by atoms with Crippen LogP contribution >= 0.6 is 11.3 Å². The molecule has 27 heavy (non-hydrogen) atoms. The average Bonchev–Trinajstić information content (AvgIpc) is 2.90. The van der Waals surface area contributed by atoms with E-state index >= 15 is 0 Å². The normalized spacial score (nSPS) is 12.0. The molecular weight excluding hydrogens is 385 g/mol. The number of halogens is 3. The van der Waals surface area contributed by atoms with E-state index in [2.05, 4.69) is 4.98 Å². The van der Waals surface area contributed by atoms with Gasteiger partial charge < -0.3 is 9.84 Å². The lowest BCUT2D eigenvalue weighted by molar-refractivity contribution is -0.141. The number of nitrogens with zero attached hydrogens (tertiary/aromatic N) is 2. The summed E-state index contributed by atoms with van der Waals surface area (Å²) in [6.45, 7) is 6.55. The second-order valence-electron chi connectivity index (χ2n) is 6.63. The van der Waals surface area contributed by atoms with Crippen molar-refractivity contribution < 1.29 is 32.6 Å². The molecule has 1 N–H and O–H groups in total. The van der Waals surface area contributed by atoms with Gasteiger partial charge in [0.1, 0.15) is 10.5 Å². The molecule has 1 aromatic carbocycles. The number of carbonyl (C=O) groups is 2. The highest BCUT2D eigenvalue weighted by molar-refractivity contribution is 7.17. The maximum atomic E-state index is 13.2. The number of aromatic carboxylic acids is 1. The SMILES string of the molecule is Cc1cccc(N(C(=O)OC(C)(C)C)c2nc(C(F)(F)F)c(C(=O)O)s2)c1. The third-order valence-corrected chi connectivity index (χ3v) is 4.13. The Labute approximate surface area is 157 Å². The van der Waals surface area contributed by atoms with Crippen LogP contribution in [-0.4, -0.2) is 27.8 Å². The third kappa shape index (κ3) is 4.97. The summed E-state index contributed by atoms with van der Waals surface area (Å²) >= 11 is 0.252. The molecule has 2 aromatic rings. The number of rotatable bonds is 3. The predicted molar refractivity (Wildman–Crippen MR) is 93.6 cm³/mol. The van der Waals surface area contributed by atoms with Crippen LogP contribution in [0, 0.1) is 6.92 Å². The van der Waals surface area contributed by atoms with Gasteiger partial charge in [-0.25, -0.2) is 19.5 Å². The van der Waals surface area contributed by atoms with Gasteiger partial charge in [-0.15, -0.1) is 0 Å². The van der Waals surface area contributed by atoms with Crippen LogP contribution in [0.3, 0.4) is 0 Å². The summed E-state index contributed by atoms with van der Waals surface area (Å²) in [5.41, 5.74) is -1.52. The quantitative estimate of drug-likeness (QED) is 0.759. The number of carboxylic acids is 1. The molecule has 10 heteroatoms. The van der Waals surface area contributed by atoms with Gasteiger partial charge in [-0.2, -0.15) is 13.2 Å². The Morgan fingerprint density at radius 3 is 2.30 bits per heavy atom. The summed E-state index contributed by atoms with van der Waals surface area (Å²) in [5.74, 6) is -1.78. The zero-order chi connectivity index (χ0) is 20.6. The molecular formula is C17H17F3N2O4S. The molecule has 0 bridgehead atoms. The van der Waals surface area contributed by atoms with Crippen LogP contribution in [0.1, 0.15) is 41.7 Å². The van der Waals surface area contributed by atoms with Gasteiger partial charge >= 0.3 is 18.2 Å². The minimum absolute atomic E-state index is 0.212. The van der Waals surface area contributed by atoms with Crippen molar-refractivity contribution in [3.63, 3.8) is 0 Å². The van der Waals surface area contributed by atoms with Gasteiger partial charge in [-0.3, -0.25) is 0 Å². The van der Waals surface area contributed by atoms with E-state index in [1.54, 1.807) is 45.9 Å². The maximum absolute atomic E-state index is 13.2. The van der Waals surface area contributed by atoms with Crippen LogP contribution in [-0.2, 0) is 10.9 Å². The Morgan fingerprint density at radius 2 is 1.85 bits per heavy atom. The first-order valence-corrected chi connectivity index (χ1v) is 8.52. The molecule has 0 aliphatic heterocycles. The first kappa shape index (κ1) is 20.7. The number of thiazole rings is 1. The number of anilines is 2. The number of amides is 1. The Balaban J connectivity index is 2.64. The monoisotopic (exact) mass is 402 g/mol. The molecule has 6 nitrogen and oxygen atoms in total. The third-order valence-electron chi connectivity index (χ3n) is 3.11. The Hall–Kier alpha value is -2.62. The van der Waals surface area contributed by atoms with Gasteiger partial charge in [-0.1, -0.05) is 23.5 Å². The van der Waals surface area contributed by atoms with Gasteiger partial charge in [0.25, 0.3) is 0 Å². The zero-order valence-corrected chi connectivity index (χ0v) is 15.7. The van der Waals surface area contributed by atoms with Gasteiger partial charge in [-0.05, 0) is 45.4 Å². The van der Waals surface area contributed by atoms with Crippen LogP contribution in [0.15, 0.2) is 24.3 Å². The number of ether oxygens (including phenoxy) is 1. The fourth-order valence-electron chi connectivity index (χ4n) is 2.11. The number of aryl methyl sites for hydroxylation is 1. The fourth-order valence-corrected chi connectivity index (χ4v) is 3.05. The van der Waals surface area contributed by atoms with Gasteiger partial charge in [0, 0.05) is 0 Å². The van der Waals surface area contributed by atoms with Crippen molar-refractivity contribution in [2.45, 2.75) is 39.5 Å². The first-order valence-electron chi connectivity index (χ1n) is 7.70. The summed E-state index contributed by atoms with van der Waals surface area (Å²) in [5, 5.41) is 8.65. The molecule has 0 saturated carbocycles. The zero-order valence-electron chi connectivity index (χ0n) is 14.9. The smallest absolute Gasteiger partial charge is 0.435 e. The van der Waals surface area contributed by atoms with Gasteiger partial charge in [0.15, 0.2) is 5.69 Å². The van der Waals surface area contributed by atoms with Crippen molar-refractivity contribution in [2.24, 2.45) is 0 Å². The number of benzene rings is 1. The molecule has 0 spiro atoms. The maximum Gasteiger partial charge on any atom is 0.435 e. The minimum atomic E-state index is -4.98. The number of carboxylic acid groups (broad SMARTS) is 1. The molecule has 0 atom stereocenters. The van der Waals surface area contributed by atoms with E-state index in [1.807, 2.05) is 0 Å². The highest BCUT2D eigenvalue weighted by Crippen LogP contribution is 2.40. The second-order valence-corrected chi connectivity index (χ2v) is 7.61.